The molecule has 0 heterocycles. The van der Waals surface area contributed by atoms with Crippen LogP contribution in [0.3, 0.4) is 0 Å². The molecule has 0 saturated carbocycles. The van der Waals surface area contributed by atoms with E-state index in [-0.39, 0.29) is 30.5 Å². The van der Waals surface area contributed by atoms with Gasteiger partial charge in [0.05, 0.1) is 12.5 Å². The largest absolute Gasteiger partial charge is 0.481 e. The van der Waals surface area contributed by atoms with Gasteiger partial charge in [-0.05, 0) is 19.8 Å². The molecule has 2 amide bonds. The average molecular weight is 260 g/mol. The van der Waals surface area contributed by atoms with Crippen molar-refractivity contribution in [3.63, 3.8) is 0 Å². The maximum absolute atomic E-state index is 11.6. The highest BCUT2D eigenvalue weighted by molar-refractivity contribution is 5.75. The Morgan fingerprint density at radius 1 is 1.28 bits per heavy atom. The van der Waals surface area contributed by atoms with Crippen LogP contribution in [0.1, 0.15) is 34.1 Å². The number of urea groups is 1. The van der Waals surface area contributed by atoms with E-state index in [1.54, 1.807) is 0 Å². The van der Waals surface area contributed by atoms with Crippen molar-refractivity contribution < 1.29 is 19.4 Å². The number of amides is 2. The second-order valence-corrected chi connectivity index (χ2v) is 4.57. The van der Waals surface area contributed by atoms with Crippen molar-refractivity contribution >= 4 is 12.0 Å². The van der Waals surface area contributed by atoms with E-state index in [2.05, 4.69) is 10.6 Å². The maximum Gasteiger partial charge on any atom is 0.315 e. The maximum atomic E-state index is 11.6. The second kappa shape index (κ2) is 8.74. The van der Waals surface area contributed by atoms with Gasteiger partial charge in [0.15, 0.2) is 0 Å². The lowest BCUT2D eigenvalue weighted by atomic mass is 10.0. The molecule has 6 heteroatoms. The highest BCUT2D eigenvalue weighted by atomic mass is 16.5. The molecular formula is C12H24N2O4. The van der Waals surface area contributed by atoms with Gasteiger partial charge >= 0.3 is 12.0 Å². The Hall–Kier alpha value is -1.30. The minimum Gasteiger partial charge on any atom is -0.481 e. The third-order valence-electron chi connectivity index (χ3n) is 2.52. The van der Waals surface area contributed by atoms with E-state index < -0.39 is 5.97 Å². The third kappa shape index (κ3) is 7.89. The first-order chi connectivity index (χ1) is 8.36. The summed E-state index contributed by atoms with van der Waals surface area (Å²) >= 11 is 0. The van der Waals surface area contributed by atoms with Crippen LogP contribution in [-0.2, 0) is 9.53 Å². The second-order valence-electron chi connectivity index (χ2n) is 4.57. The number of ether oxygens (including phenoxy) is 1. The van der Waals surface area contributed by atoms with Crippen LogP contribution in [0, 0.1) is 5.92 Å². The van der Waals surface area contributed by atoms with Crippen molar-refractivity contribution in [3.05, 3.63) is 0 Å². The smallest absolute Gasteiger partial charge is 0.315 e. The first-order valence-electron chi connectivity index (χ1n) is 6.24. The predicted octanol–water partition coefficient (Wildman–Crippen LogP) is 1.21. The van der Waals surface area contributed by atoms with Gasteiger partial charge in [0, 0.05) is 19.2 Å². The molecule has 0 aromatic rings. The quantitative estimate of drug-likeness (QED) is 0.612. The van der Waals surface area contributed by atoms with Crippen LogP contribution in [0.2, 0.25) is 0 Å². The Morgan fingerprint density at radius 3 is 2.33 bits per heavy atom. The number of carbonyl (C=O) groups excluding carboxylic acids is 1. The molecule has 0 aromatic carbocycles. The SMILES string of the molecule is CCOC(C)CNC(=O)NC(CC(=O)O)C(C)C. The lowest BCUT2D eigenvalue weighted by Gasteiger charge is -2.21. The summed E-state index contributed by atoms with van der Waals surface area (Å²) in [6.07, 6.45) is -0.135. The van der Waals surface area contributed by atoms with E-state index in [0.29, 0.717) is 13.2 Å². The Balaban J connectivity index is 4.06. The Kier molecular flexibility index (Phi) is 8.11. The van der Waals surface area contributed by atoms with Crippen LogP contribution in [-0.4, -0.2) is 42.4 Å². The third-order valence-corrected chi connectivity index (χ3v) is 2.52. The number of carboxylic acid groups (broad SMARTS) is 1. The van der Waals surface area contributed by atoms with Crippen molar-refractivity contribution in [1.82, 2.24) is 10.6 Å². The van der Waals surface area contributed by atoms with Crippen molar-refractivity contribution in [3.8, 4) is 0 Å². The number of carbonyl (C=O) groups is 2. The van der Waals surface area contributed by atoms with Crippen LogP contribution < -0.4 is 10.6 Å². The van der Waals surface area contributed by atoms with E-state index >= 15 is 0 Å². The Bertz CT molecular complexity index is 269. The van der Waals surface area contributed by atoms with Crippen LogP contribution >= 0.6 is 0 Å². The number of rotatable bonds is 8. The molecule has 6 nitrogen and oxygen atoms in total. The molecule has 2 unspecified atom stereocenters. The van der Waals surface area contributed by atoms with Gasteiger partial charge in [-0.2, -0.15) is 0 Å². The molecule has 18 heavy (non-hydrogen) atoms. The molecule has 3 N–H and O–H groups in total. The molecule has 0 bridgehead atoms. The number of nitrogens with one attached hydrogen (secondary N) is 2. The Morgan fingerprint density at radius 2 is 1.89 bits per heavy atom. The molecule has 0 radical (unpaired) electrons. The minimum absolute atomic E-state index is 0.0577. The normalized spacial score (nSPS) is 14.1. The van der Waals surface area contributed by atoms with E-state index in [1.165, 1.54) is 0 Å². The van der Waals surface area contributed by atoms with Crippen molar-refractivity contribution in [2.24, 2.45) is 5.92 Å². The van der Waals surface area contributed by atoms with Gasteiger partial charge < -0.3 is 20.5 Å². The average Bonchev–Trinajstić information content (AvgIpc) is 2.25. The molecule has 0 aliphatic carbocycles. The number of carboxylic acids is 1. The predicted molar refractivity (Wildman–Crippen MR) is 68.5 cm³/mol. The Labute approximate surface area is 108 Å². The van der Waals surface area contributed by atoms with Gasteiger partial charge in [0.2, 0.25) is 0 Å². The molecule has 0 rings (SSSR count). The van der Waals surface area contributed by atoms with Crippen LogP contribution in [0.15, 0.2) is 0 Å². The van der Waals surface area contributed by atoms with Crippen molar-refractivity contribution in [1.29, 1.82) is 0 Å². The van der Waals surface area contributed by atoms with Crippen LogP contribution in [0.4, 0.5) is 4.79 Å². The summed E-state index contributed by atoms with van der Waals surface area (Å²) in [7, 11) is 0. The summed E-state index contributed by atoms with van der Waals surface area (Å²) in [6.45, 7) is 8.49. The summed E-state index contributed by atoms with van der Waals surface area (Å²) in [5.74, 6) is -0.854. The summed E-state index contributed by atoms with van der Waals surface area (Å²) in [6, 6.07) is -0.730. The van der Waals surface area contributed by atoms with E-state index in [0.717, 1.165) is 0 Å². The molecule has 0 fully saturated rings. The fourth-order valence-electron chi connectivity index (χ4n) is 1.44. The highest BCUT2D eigenvalue weighted by Crippen LogP contribution is 2.05. The standard InChI is InChI=1S/C12H24N2O4/c1-5-18-9(4)7-13-12(17)14-10(8(2)3)6-11(15)16/h8-10H,5-7H2,1-4H3,(H,15,16)(H2,13,14,17). The summed E-state index contributed by atoms with van der Waals surface area (Å²) in [5.41, 5.74) is 0. The zero-order valence-corrected chi connectivity index (χ0v) is 11.5. The first kappa shape index (κ1) is 16.7. The van der Waals surface area contributed by atoms with Gasteiger partial charge in [-0.25, -0.2) is 4.79 Å². The van der Waals surface area contributed by atoms with Crippen LogP contribution in [0.5, 0.6) is 0 Å². The minimum atomic E-state index is -0.920. The molecule has 2 atom stereocenters. The topological polar surface area (TPSA) is 87.7 Å². The molecule has 0 aromatic heterocycles. The fraction of sp³-hybridized carbons (Fsp3) is 0.833. The van der Waals surface area contributed by atoms with Gasteiger partial charge in [0.25, 0.3) is 0 Å². The van der Waals surface area contributed by atoms with Gasteiger partial charge in [-0.3, -0.25) is 4.79 Å². The van der Waals surface area contributed by atoms with Gasteiger partial charge in [-0.1, -0.05) is 13.8 Å². The highest BCUT2D eigenvalue weighted by Gasteiger charge is 2.19. The van der Waals surface area contributed by atoms with Crippen molar-refractivity contribution in [2.75, 3.05) is 13.2 Å². The zero-order valence-electron chi connectivity index (χ0n) is 11.5. The summed E-state index contributed by atoms with van der Waals surface area (Å²) in [5, 5.41) is 14.1. The number of hydrogen-bond acceptors (Lipinski definition) is 3. The molecular weight excluding hydrogens is 236 g/mol. The first-order valence-corrected chi connectivity index (χ1v) is 6.24. The number of hydrogen-bond donors (Lipinski definition) is 3. The molecule has 0 aliphatic heterocycles. The van der Waals surface area contributed by atoms with Crippen LogP contribution in [0.25, 0.3) is 0 Å². The molecule has 0 spiro atoms. The lowest BCUT2D eigenvalue weighted by Crippen LogP contribution is -2.47. The monoisotopic (exact) mass is 260 g/mol. The van der Waals surface area contributed by atoms with E-state index in [1.807, 2.05) is 27.7 Å². The van der Waals surface area contributed by atoms with Crippen molar-refractivity contribution in [2.45, 2.75) is 46.3 Å². The van der Waals surface area contributed by atoms with Gasteiger partial charge in [-0.15, -0.1) is 0 Å². The molecule has 0 saturated heterocycles. The van der Waals surface area contributed by atoms with E-state index in [4.69, 9.17) is 9.84 Å². The fourth-order valence-corrected chi connectivity index (χ4v) is 1.44. The molecule has 0 aliphatic rings. The molecule has 106 valence electrons. The number of aliphatic carboxylic acids is 1. The van der Waals surface area contributed by atoms with E-state index in [9.17, 15) is 9.59 Å². The summed E-state index contributed by atoms with van der Waals surface area (Å²) in [4.78, 5) is 22.2. The lowest BCUT2D eigenvalue weighted by molar-refractivity contribution is -0.137. The summed E-state index contributed by atoms with van der Waals surface area (Å²) < 4.78 is 5.27. The van der Waals surface area contributed by atoms with Gasteiger partial charge in [0.1, 0.15) is 0 Å². The zero-order chi connectivity index (χ0) is 14.1.